The monoisotopic (exact) mass is 817 g/mol. The van der Waals surface area contributed by atoms with Crippen LogP contribution in [-0.2, 0) is 5.41 Å². The summed E-state index contributed by atoms with van der Waals surface area (Å²) in [4.78, 5) is 2.53. The van der Waals surface area contributed by atoms with Gasteiger partial charge in [0.2, 0.25) is 0 Å². The first-order valence-electron chi connectivity index (χ1n) is 21.7. The largest absolute Gasteiger partial charge is 0.399 e. The van der Waals surface area contributed by atoms with Crippen LogP contribution in [-0.4, -0.2) is 0 Å². The van der Waals surface area contributed by atoms with E-state index in [1.807, 2.05) is 17.8 Å². The van der Waals surface area contributed by atoms with E-state index in [1.165, 1.54) is 120 Å². The van der Waals surface area contributed by atoms with Gasteiger partial charge < -0.3 is 5.73 Å². The van der Waals surface area contributed by atoms with Gasteiger partial charge in [-0.25, -0.2) is 0 Å². The summed E-state index contributed by atoms with van der Waals surface area (Å²) < 4.78 is 0. The third kappa shape index (κ3) is 5.32. The van der Waals surface area contributed by atoms with Crippen LogP contribution < -0.4 is 5.73 Å². The van der Waals surface area contributed by atoms with E-state index < -0.39 is 5.41 Å². The molecular weight excluding hydrogens is 779 g/mol. The van der Waals surface area contributed by atoms with Gasteiger partial charge in [0.25, 0.3) is 0 Å². The van der Waals surface area contributed by atoms with Gasteiger partial charge in [-0.15, -0.1) is 0 Å². The molecule has 0 saturated carbocycles. The highest BCUT2D eigenvalue weighted by Gasteiger charge is 2.50. The third-order valence-electron chi connectivity index (χ3n) is 13.6. The Morgan fingerprint density at radius 3 is 1.78 bits per heavy atom. The highest BCUT2D eigenvalue weighted by atomic mass is 32.2. The molecule has 294 valence electrons. The standard InChI is InChI=1S/C61H39NS/c62-44-30-33-58-56(37-44)61(54-26-10-11-27-57(54)63-58)53-25-9-8-21-46(53)47-31-28-42(36-55(47)61)41-29-32-51-52(35-41)60(48-24-13-17-39-16-4-5-20-45(39)48)50-23-7-6-22-49(50)59(51)43-19-12-18-40(34-43)38-14-2-1-3-15-38/h1-37H,62H2. The highest BCUT2D eigenvalue weighted by molar-refractivity contribution is 7.99. The molecule has 13 rings (SSSR count). The summed E-state index contributed by atoms with van der Waals surface area (Å²) >= 11 is 1.85. The van der Waals surface area contributed by atoms with E-state index in [-0.39, 0.29) is 0 Å². The summed E-state index contributed by atoms with van der Waals surface area (Å²) in [7, 11) is 0. The minimum atomic E-state index is -0.521. The number of hydrogen-bond acceptors (Lipinski definition) is 2. The van der Waals surface area contributed by atoms with E-state index in [1.54, 1.807) is 0 Å². The van der Waals surface area contributed by atoms with Crippen molar-refractivity contribution in [2.45, 2.75) is 15.2 Å². The fraction of sp³-hybridized carbons (Fsp3) is 0.0164. The first kappa shape index (κ1) is 36.0. The normalized spacial score (nSPS) is 14.7. The quantitative estimate of drug-likeness (QED) is 0.141. The van der Waals surface area contributed by atoms with Crippen molar-refractivity contribution in [3.63, 3.8) is 0 Å². The van der Waals surface area contributed by atoms with Gasteiger partial charge in [-0.05, 0) is 153 Å². The molecule has 1 atom stereocenters. The maximum Gasteiger partial charge on any atom is 0.0736 e. The van der Waals surface area contributed by atoms with Crippen molar-refractivity contribution in [2.24, 2.45) is 0 Å². The molecule has 1 nitrogen and oxygen atoms in total. The van der Waals surface area contributed by atoms with Crippen molar-refractivity contribution < 1.29 is 0 Å². The van der Waals surface area contributed by atoms with E-state index in [2.05, 4.69) is 218 Å². The van der Waals surface area contributed by atoms with Crippen molar-refractivity contribution in [1.29, 1.82) is 0 Å². The number of hydrogen-bond donors (Lipinski definition) is 1. The predicted molar refractivity (Wildman–Crippen MR) is 267 cm³/mol. The van der Waals surface area contributed by atoms with Crippen molar-refractivity contribution in [1.82, 2.24) is 0 Å². The minimum absolute atomic E-state index is 0.521. The number of rotatable bonds is 4. The SMILES string of the molecule is Nc1ccc2c(c1)C1(c3ccccc3S2)c2ccccc2-c2ccc(-c3ccc4c(-c5cccc(-c6ccccc6)c5)c5ccccc5c(-c5cccc6ccccc56)c4c3)cc21. The topological polar surface area (TPSA) is 26.0 Å². The van der Waals surface area contributed by atoms with Gasteiger partial charge in [-0.3, -0.25) is 0 Å². The molecule has 2 N–H and O–H groups in total. The van der Waals surface area contributed by atoms with Gasteiger partial charge >= 0.3 is 0 Å². The number of anilines is 1. The number of fused-ring (bicyclic) bond motifs is 12. The van der Waals surface area contributed by atoms with Crippen molar-refractivity contribution in [3.8, 4) is 55.6 Å². The predicted octanol–water partition coefficient (Wildman–Crippen LogP) is 16.2. The van der Waals surface area contributed by atoms with Gasteiger partial charge in [0, 0.05) is 15.5 Å². The summed E-state index contributed by atoms with van der Waals surface area (Å²) in [5.41, 5.74) is 24.4. The third-order valence-corrected chi connectivity index (χ3v) is 14.8. The van der Waals surface area contributed by atoms with Crippen LogP contribution in [0.3, 0.4) is 0 Å². The van der Waals surface area contributed by atoms with Gasteiger partial charge in [-0.1, -0.05) is 194 Å². The van der Waals surface area contributed by atoms with E-state index in [4.69, 9.17) is 5.73 Å². The lowest BCUT2D eigenvalue weighted by Gasteiger charge is -2.40. The lowest BCUT2D eigenvalue weighted by Crippen LogP contribution is -2.32. The Morgan fingerprint density at radius 2 is 0.889 bits per heavy atom. The average molecular weight is 818 g/mol. The number of nitrogen functional groups attached to an aromatic ring is 1. The zero-order valence-electron chi connectivity index (χ0n) is 34.3. The Morgan fingerprint density at radius 1 is 0.302 bits per heavy atom. The fourth-order valence-electron chi connectivity index (χ4n) is 11.0. The van der Waals surface area contributed by atoms with Crippen molar-refractivity contribution in [2.75, 3.05) is 5.73 Å². The second-order valence-electron chi connectivity index (χ2n) is 16.9. The number of nitrogens with two attached hydrogens (primary N) is 1. The summed E-state index contributed by atoms with van der Waals surface area (Å²) in [6.07, 6.45) is 0. The molecule has 11 aromatic rings. The first-order valence-corrected chi connectivity index (χ1v) is 22.5. The van der Waals surface area contributed by atoms with Gasteiger partial charge in [-0.2, -0.15) is 0 Å². The zero-order valence-corrected chi connectivity index (χ0v) is 35.2. The molecular formula is C61H39NS. The fourth-order valence-corrected chi connectivity index (χ4v) is 12.2. The smallest absolute Gasteiger partial charge is 0.0736 e. The van der Waals surface area contributed by atoms with Crippen LogP contribution in [0.25, 0.3) is 88.0 Å². The minimum Gasteiger partial charge on any atom is -0.399 e. The Hall–Kier alpha value is -7.65. The van der Waals surface area contributed by atoms with E-state index >= 15 is 0 Å². The molecule has 0 radical (unpaired) electrons. The maximum atomic E-state index is 6.69. The maximum absolute atomic E-state index is 6.69. The van der Waals surface area contributed by atoms with Crippen LogP contribution in [0, 0.1) is 0 Å². The summed E-state index contributed by atoms with van der Waals surface area (Å²) in [5, 5.41) is 7.44. The van der Waals surface area contributed by atoms with Crippen LogP contribution in [0.5, 0.6) is 0 Å². The molecule has 1 aliphatic heterocycles. The molecule has 1 aliphatic carbocycles. The first-order chi connectivity index (χ1) is 31.1. The molecule has 1 spiro atoms. The van der Waals surface area contributed by atoms with Gasteiger partial charge in [0.15, 0.2) is 0 Å². The summed E-state index contributed by atoms with van der Waals surface area (Å²) in [6, 6.07) is 83.2. The molecule has 2 aliphatic rings. The molecule has 2 heteroatoms. The molecule has 63 heavy (non-hydrogen) atoms. The Balaban J connectivity index is 1.11. The van der Waals surface area contributed by atoms with Crippen LogP contribution in [0.15, 0.2) is 234 Å². The molecule has 0 fully saturated rings. The molecule has 0 saturated heterocycles. The van der Waals surface area contributed by atoms with Gasteiger partial charge in [0.1, 0.15) is 0 Å². The summed E-state index contributed by atoms with van der Waals surface area (Å²) in [6.45, 7) is 0. The Labute approximate surface area is 371 Å². The lowest BCUT2D eigenvalue weighted by molar-refractivity contribution is 0.723. The number of benzene rings is 11. The molecule has 11 aromatic carbocycles. The molecule has 1 unspecified atom stereocenters. The van der Waals surface area contributed by atoms with Crippen LogP contribution in [0.4, 0.5) is 5.69 Å². The second-order valence-corrected chi connectivity index (χ2v) is 18.0. The zero-order chi connectivity index (χ0) is 41.6. The molecule has 1 heterocycles. The molecule has 0 amide bonds. The molecule has 0 aromatic heterocycles. The second kappa shape index (κ2) is 13.9. The van der Waals surface area contributed by atoms with Crippen LogP contribution in [0.1, 0.15) is 22.3 Å². The van der Waals surface area contributed by atoms with Crippen LogP contribution >= 0.6 is 11.8 Å². The van der Waals surface area contributed by atoms with E-state index in [0.717, 1.165) is 5.69 Å². The average Bonchev–Trinajstić information content (AvgIpc) is 3.63. The highest BCUT2D eigenvalue weighted by Crippen LogP contribution is 2.63. The molecule has 0 bridgehead atoms. The Kier molecular flexibility index (Phi) is 7.97. The van der Waals surface area contributed by atoms with E-state index in [9.17, 15) is 0 Å². The van der Waals surface area contributed by atoms with E-state index in [0.29, 0.717) is 0 Å². The lowest BCUT2D eigenvalue weighted by atomic mass is 9.67. The summed E-state index contributed by atoms with van der Waals surface area (Å²) in [5.74, 6) is 0. The van der Waals surface area contributed by atoms with Crippen molar-refractivity contribution in [3.05, 3.63) is 247 Å². The Bertz CT molecular complexity index is 3670. The van der Waals surface area contributed by atoms with Crippen molar-refractivity contribution >= 4 is 49.8 Å². The van der Waals surface area contributed by atoms with Crippen LogP contribution in [0.2, 0.25) is 0 Å². The van der Waals surface area contributed by atoms with Gasteiger partial charge in [0.05, 0.1) is 5.41 Å².